The first-order valence-electron chi connectivity index (χ1n) is 18.0. The maximum atomic E-state index is 10.2. The molecule has 0 aromatic carbocycles. The number of anilines is 1. The molecule has 5 aromatic rings. The van der Waals surface area contributed by atoms with Crippen LogP contribution in [-0.2, 0) is 23.0 Å². The third-order valence-electron chi connectivity index (χ3n) is 11.3. The van der Waals surface area contributed by atoms with Crippen molar-refractivity contribution in [3.63, 3.8) is 0 Å². The Morgan fingerprint density at radius 1 is 1.12 bits per heavy atom. The molecule has 9 rings (SSSR count). The summed E-state index contributed by atoms with van der Waals surface area (Å²) < 4.78 is 22.1. The number of rotatable bonds is 7. The number of likely N-dealkylation sites (N-methyl/N-ethyl adjacent to an activating group) is 1. The van der Waals surface area contributed by atoms with E-state index in [9.17, 15) is 5.26 Å². The van der Waals surface area contributed by atoms with Crippen LogP contribution < -0.4 is 10.5 Å². The fourth-order valence-electron chi connectivity index (χ4n) is 8.82. The molecule has 0 radical (unpaired) electrons. The van der Waals surface area contributed by atoms with Gasteiger partial charge in [-0.3, -0.25) is 4.90 Å². The van der Waals surface area contributed by atoms with Crippen LogP contribution in [0.2, 0.25) is 0 Å². The number of thiophene rings is 1. The molecule has 4 aliphatic rings. The summed E-state index contributed by atoms with van der Waals surface area (Å²) in [6.07, 6.45) is 13.1. The number of aryl methyl sites for hydroxylation is 1. The summed E-state index contributed by atoms with van der Waals surface area (Å²) in [5, 5.41) is 29.1. The van der Waals surface area contributed by atoms with Gasteiger partial charge in [-0.1, -0.05) is 10.4 Å². The molecular formula is C36H41N11O3S. The van der Waals surface area contributed by atoms with Crippen molar-refractivity contribution in [3.05, 3.63) is 51.9 Å². The summed E-state index contributed by atoms with van der Waals surface area (Å²) in [5.41, 5.74) is 10.5. The van der Waals surface area contributed by atoms with Crippen molar-refractivity contribution >= 4 is 16.3 Å². The maximum Gasteiger partial charge on any atom is 0.219 e. The van der Waals surface area contributed by atoms with Gasteiger partial charge in [-0.15, -0.1) is 16.4 Å². The van der Waals surface area contributed by atoms with Crippen LogP contribution in [0.15, 0.2) is 29.0 Å². The first kappa shape index (κ1) is 32.3. The van der Waals surface area contributed by atoms with Crippen LogP contribution >= 0.6 is 11.3 Å². The first-order chi connectivity index (χ1) is 24.9. The van der Waals surface area contributed by atoms with E-state index in [1.54, 1.807) is 4.68 Å². The molecule has 2 saturated heterocycles. The number of nitrogens with zero attached hydrogens (tertiary/aromatic N) is 10. The molecule has 0 bridgehead atoms. The molecule has 0 saturated carbocycles. The van der Waals surface area contributed by atoms with Crippen molar-refractivity contribution in [2.75, 3.05) is 32.5 Å². The number of hydrogen-bond acceptors (Lipinski definition) is 13. The van der Waals surface area contributed by atoms with Crippen LogP contribution in [0.5, 0.6) is 5.88 Å². The molecule has 0 amide bonds. The van der Waals surface area contributed by atoms with Crippen LogP contribution in [0.3, 0.4) is 0 Å². The molecule has 2 aliphatic carbocycles. The molecule has 14 nitrogen and oxygen atoms in total. The average molecular weight is 708 g/mol. The van der Waals surface area contributed by atoms with Crippen LogP contribution in [0, 0.1) is 11.3 Å². The molecule has 3 atom stereocenters. The third-order valence-corrected chi connectivity index (χ3v) is 12.4. The van der Waals surface area contributed by atoms with Gasteiger partial charge < -0.3 is 19.7 Å². The molecular weight excluding hydrogens is 667 g/mol. The van der Waals surface area contributed by atoms with Crippen molar-refractivity contribution in [1.29, 1.82) is 5.26 Å². The number of nitriles is 1. The SMILES string of the molecule is C[C@H](Oc1cc(-n2ccc(-c3cn(C4CCOCC4)nn3)n2)nc(-c2noc3c2CCC[C@@]32CCCc3sc(N)c(C#N)c32)n1)[C@@H]1CCCN1C. The lowest BCUT2D eigenvalue weighted by atomic mass is 9.63. The fraction of sp³-hybridized carbons (Fsp3) is 0.528. The highest BCUT2D eigenvalue weighted by Crippen LogP contribution is 2.55. The zero-order valence-electron chi connectivity index (χ0n) is 28.9. The number of ether oxygens (including phenoxy) is 2. The second kappa shape index (κ2) is 12.8. The summed E-state index contributed by atoms with van der Waals surface area (Å²) in [6, 6.07) is 6.71. The van der Waals surface area contributed by atoms with Crippen LogP contribution in [-0.4, -0.2) is 83.8 Å². The number of fused-ring (bicyclic) bond motifs is 4. The Kier molecular flexibility index (Phi) is 8.12. The van der Waals surface area contributed by atoms with Crippen molar-refractivity contribution in [1.82, 2.24) is 44.8 Å². The Balaban J connectivity index is 1.10. The Morgan fingerprint density at radius 3 is 2.76 bits per heavy atom. The average Bonchev–Trinajstić information content (AvgIpc) is 3.99. The van der Waals surface area contributed by atoms with E-state index in [1.165, 1.54) is 16.2 Å². The molecule has 51 heavy (non-hydrogen) atoms. The topological polar surface area (TPSA) is 172 Å². The lowest BCUT2D eigenvalue weighted by Gasteiger charge is -2.39. The van der Waals surface area contributed by atoms with Crippen molar-refractivity contribution in [3.8, 4) is 40.7 Å². The van der Waals surface area contributed by atoms with Gasteiger partial charge in [0.05, 0.1) is 23.2 Å². The molecule has 264 valence electrons. The smallest absolute Gasteiger partial charge is 0.219 e. The molecule has 2 aliphatic heterocycles. The van der Waals surface area contributed by atoms with Gasteiger partial charge in [-0.25, -0.2) is 14.3 Å². The fourth-order valence-corrected chi connectivity index (χ4v) is 9.98. The number of nitrogens with two attached hydrogens (primary N) is 1. The second-order valence-electron chi connectivity index (χ2n) is 14.4. The maximum absolute atomic E-state index is 10.2. The lowest BCUT2D eigenvalue weighted by molar-refractivity contribution is 0.0657. The molecule has 0 unspecified atom stereocenters. The number of hydrogen-bond donors (Lipinski definition) is 1. The van der Waals surface area contributed by atoms with E-state index < -0.39 is 5.41 Å². The Morgan fingerprint density at radius 2 is 1.96 bits per heavy atom. The van der Waals surface area contributed by atoms with Gasteiger partial charge in [0.25, 0.3) is 0 Å². The normalized spacial score (nSPS) is 22.9. The standard InChI is InChI=1S/C36H41N11O3S/c1-21(27-7-5-14-45(27)2)49-30-18-29(46-15-9-25(42-46)26-20-47(44-41-26)22-10-16-48-17-11-22)39-35(40-30)32-23-6-3-12-36(33(23)50-43-32)13-4-8-28-31(36)24(19-37)34(38)51-28/h9,15,18,20-22,27H,3-8,10-14,16-17,38H2,1-2H3/t21-,27-,36-/m0/s1. The minimum Gasteiger partial charge on any atom is -0.473 e. The van der Waals surface area contributed by atoms with E-state index >= 15 is 0 Å². The highest BCUT2D eigenvalue weighted by atomic mass is 32.1. The van der Waals surface area contributed by atoms with Crippen molar-refractivity contribution in [2.24, 2.45) is 0 Å². The van der Waals surface area contributed by atoms with Gasteiger partial charge in [-0.05, 0) is 96.4 Å². The van der Waals surface area contributed by atoms with Gasteiger partial charge in [0.1, 0.15) is 28.6 Å². The largest absolute Gasteiger partial charge is 0.473 e. The monoisotopic (exact) mass is 707 g/mol. The van der Waals surface area contributed by atoms with Crippen LogP contribution in [0.25, 0.3) is 28.7 Å². The Bertz CT molecular complexity index is 2120. The van der Waals surface area contributed by atoms with Gasteiger partial charge in [-0.2, -0.15) is 15.3 Å². The minimum absolute atomic E-state index is 0.0925. The van der Waals surface area contributed by atoms with Crippen LogP contribution in [0.1, 0.15) is 91.7 Å². The summed E-state index contributed by atoms with van der Waals surface area (Å²) in [6.45, 7) is 4.60. The molecule has 5 aromatic heterocycles. The van der Waals surface area contributed by atoms with Gasteiger partial charge in [0.2, 0.25) is 5.88 Å². The quantitative estimate of drug-likeness (QED) is 0.233. The summed E-state index contributed by atoms with van der Waals surface area (Å²) >= 11 is 1.54. The zero-order valence-corrected chi connectivity index (χ0v) is 29.7. The molecule has 7 heterocycles. The highest BCUT2D eigenvalue weighted by Gasteiger charge is 2.49. The first-order valence-corrected chi connectivity index (χ1v) is 18.9. The van der Waals surface area contributed by atoms with Crippen molar-refractivity contribution < 1.29 is 14.0 Å². The molecule has 15 heteroatoms. The predicted octanol–water partition coefficient (Wildman–Crippen LogP) is 5.26. The summed E-state index contributed by atoms with van der Waals surface area (Å²) in [5.74, 6) is 2.22. The zero-order chi connectivity index (χ0) is 34.7. The number of nitrogen functional groups attached to an aromatic ring is 1. The Hall–Kier alpha value is -4.65. The third kappa shape index (κ3) is 5.51. The van der Waals surface area contributed by atoms with Gasteiger partial charge in [0.15, 0.2) is 23.1 Å². The van der Waals surface area contributed by atoms with Gasteiger partial charge >= 0.3 is 0 Å². The summed E-state index contributed by atoms with van der Waals surface area (Å²) in [4.78, 5) is 13.5. The van der Waals surface area contributed by atoms with E-state index in [2.05, 4.69) is 40.4 Å². The van der Waals surface area contributed by atoms with E-state index in [0.717, 1.165) is 101 Å². The second-order valence-corrected chi connectivity index (χ2v) is 15.5. The molecule has 2 N–H and O–H groups in total. The van der Waals surface area contributed by atoms with E-state index in [1.807, 2.05) is 29.2 Å². The Labute approximate surface area is 299 Å². The molecule has 1 spiro atoms. The van der Waals surface area contributed by atoms with Crippen LogP contribution in [0.4, 0.5) is 5.00 Å². The predicted molar refractivity (Wildman–Crippen MR) is 189 cm³/mol. The van der Waals surface area contributed by atoms with Gasteiger partial charge in [0, 0.05) is 42.0 Å². The lowest BCUT2D eigenvalue weighted by Crippen LogP contribution is -2.38. The molecule has 2 fully saturated rings. The minimum atomic E-state index is -0.441. The highest BCUT2D eigenvalue weighted by molar-refractivity contribution is 7.16. The number of likely N-dealkylation sites (tertiary alicyclic amines) is 1. The van der Waals surface area contributed by atoms with E-state index in [-0.39, 0.29) is 18.2 Å². The number of aromatic nitrogens is 8. The van der Waals surface area contributed by atoms with E-state index in [0.29, 0.717) is 45.2 Å². The van der Waals surface area contributed by atoms with E-state index in [4.69, 9.17) is 34.8 Å². The summed E-state index contributed by atoms with van der Waals surface area (Å²) in [7, 11) is 2.14. The van der Waals surface area contributed by atoms with Crippen molar-refractivity contribution in [2.45, 2.75) is 94.7 Å².